The highest BCUT2D eigenvalue weighted by molar-refractivity contribution is 7.98. The first-order chi connectivity index (χ1) is 7.24. The molecule has 1 nitrogen and oxygen atoms in total. The Morgan fingerprint density at radius 2 is 2.13 bits per heavy atom. The van der Waals surface area contributed by atoms with Gasteiger partial charge in [0.2, 0.25) is 0 Å². The third-order valence-corrected chi connectivity index (χ3v) is 2.97. The molecule has 0 aliphatic heterocycles. The fourth-order valence-corrected chi connectivity index (χ4v) is 1.80. The summed E-state index contributed by atoms with van der Waals surface area (Å²) in [6.45, 7) is 2.70. The molecule has 0 saturated carbocycles. The average molecular weight is 227 g/mol. The lowest BCUT2D eigenvalue weighted by Crippen LogP contribution is -2.02. The van der Waals surface area contributed by atoms with Crippen LogP contribution in [0.4, 0.5) is 10.1 Å². The fourth-order valence-electron chi connectivity index (χ4n) is 1.31. The Balaban J connectivity index is 2.28. The van der Waals surface area contributed by atoms with Gasteiger partial charge in [-0.25, -0.2) is 4.39 Å². The lowest BCUT2D eigenvalue weighted by molar-refractivity contribution is 0.619. The number of anilines is 1. The summed E-state index contributed by atoms with van der Waals surface area (Å²) < 4.78 is 13.2. The van der Waals surface area contributed by atoms with Crippen LogP contribution >= 0.6 is 11.8 Å². The zero-order chi connectivity index (χ0) is 11.1. The number of aryl methyl sites for hydroxylation is 1. The first-order valence-electron chi connectivity index (χ1n) is 5.23. The standard InChI is InChI=1S/C12H18FNS/c1-10-5-6-11(9-12(10)13)14-7-3-4-8-15-2/h5-6,9,14H,3-4,7-8H2,1-2H3. The van der Waals surface area contributed by atoms with E-state index in [2.05, 4.69) is 11.6 Å². The number of hydrogen-bond acceptors (Lipinski definition) is 2. The predicted octanol–water partition coefficient (Wildman–Crippen LogP) is 3.69. The van der Waals surface area contributed by atoms with E-state index in [0.29, 0.717) is 5.56 Å². The zero-order valence-corrected chi connectivity index (χ0v) is 10.2. The third-order valence-electron chi connectivity index (χ3n) is 2.28. The molecule has 0 spiro atoms. The van der Waals surface area contributed by atoms with E-state index in [1.165, 1.54) is 12.2 Å². The van der Waals surface area contributed by atoms with Gasteiger partial charge in [-0.3, -0.25) is 0 Å². The van der Waals surface area contributed by atoms with Gasteiger partial charge in [-0.15, -0.1) is 0 Å². The summed E-state index contributed by atoms with van der Waals surface area (Å²) in [4.78, 5) is 0. The van der Waals surface area contributed by atoms with Gasteiger partial charge in [-0.1, -0.05) is 6.07 Å². The van der Waals surface area contributed by atoms with Gasteiger partial charge in [-0.05, 0) is 49.5 Å². The van der Waals surface area contributed by atoms with Gasteiger partial charge in [0, 0.05) is 12.2 Å². The maximum atomic E-state index is 13.2. The number of nitrogens with one attached hydrogen (secondary N) is 1. The van der Waals surface area contributed by atoms with E-state index < -0.39 is 0 Å². The number of unbranched alkanes of at least 4 members (excludes halogenated alkanes) is 1. The minimum absolute atomic E-state index is 0.135. The predicted molar refractivity (Wildman–Crippen MR) is 67.2 cm³/mol. The smallest absolute Gasteiger partial charge is 0.128 e. The summed E-state index contributed by atoms with van der Waals surface area (Å²) in [7, 11) is 0. The monoisotopic (exact) mass is 227 g/mol. The quantitative estimate of drug-likeness (QED) is 0.744. The summed E-state index contributed by atoms with van der Waals surface area (Å²) in [5, 5.41) is 3.22. The Morgan fingerprint density at radius 3 is 2.80 bits per heavy atom. The van der Waals surface area contributed by atoms with Crippen molar-refractivity contribution in [3.05, 3.63) is 29.6 Å². The van der Waals surface area contributed by atoms with Crippen molar-refractivity contribution in [2.45, 2.75) is 19.8 Å². The van der Waals surface area contributed by atoms with Gasteiger partial charge in [0.25, 0.3) is 0 Å². The van der Waals surface area contributed by atoms with Crippen molar-refractivity contribution in [1.29, 1.82) is 0 Å². The van der Waals surface area contributed by atoms with Crippen molar-refractivity contribution in [2.24, 2.45) is 0 Å². The Hall–Kier alpha value is -0.700. The van der Waals surface area contributed by atoms with Crippen LogP contribution in [0.1, 0.15) is 18.4 Å². The van der Waals surface area contributed by atoms with E-state index in [1.54, 1.807) is 19.1 Å². The summed E-state index contributed by atoms with van der Waals surface area (Å²) >= 11 is 1.86. The number of benzene rings is 1. The molecule has 0 amide bonds. The molecule has 3 heteroatoms. The molecule has 0 aliphatic rings. The minimum Gasteiger partial charge on any atom is -0.385 e. The molecular formula is C12H18FNS. The summed E-state index contributed by atoms with van der Waals surface area (Å²) in [5.41, 5.74) is 1.57. The van der Waals surface area contributed by atoms with Gasteiger partial charge in [0.15, 0.2) is 0 Å². The van der Waals surface area contributed by atoms with Gasteiger partial charge < -0.3 is 5.32 Å². The fraction of sp³-hybridized carbons (Fsp3) is 0.500. The molecule has 0 atom stereocenters. The highest BCUT2D eigenvalue weighted by atomic mass is 32.2. The van der Waals surface area contributed by atoms with Crippen LogP contribution in [0, 0.1) is 12.7 Å². The Kier molecular flexibility index (Phi) is 5.54. The van der Waals surface area contributed by atoms with Crippen LogP contribution in [-0.4, -0.2) is 18.6 Å². The van der Waals surface area contributed by atoms with Crippen molar-refractivity contribution >= 4 is 17.4 Å². The second-order valence-electron chi connectivity index (χ2n) is 3.59. The molecule has 1 N–H and O–H groups in total. The largest absolute Gasteiger partial charge is 0.385 e. The van der Waals surface area contributed by atoms with Crippen molar-refractivity contribution in [1.82, 2.24) is 0 Å². The van der Waals surface area contributed by atoms with Gasteiger partial charge in [0.05, 0.1) is 0 Å². The first-order valence-corrected chi connectivity index (χ1v) is 6.62. The van der Waals surface area contributed by atoms with Crippen LogP contribution in [0.3, 0.4) is 0 Å². The molecule has 15 heavy (non-hydrogen) atoms. The lowest BCUT2D eigenvalue weighted by Gasteiger charge is -2.06. The van der Waals surface area contributed by atoms with Crippen molar-refractivity contribution in [3.63, 3.8) is 0 Å². The van der Waals surface area contributed by atoms with Crippen LogP contribution in [0.15, 0.2) is 18.2 Å². The number of thioether (sulfide) groups is 1. The molecule has 0 aromatic heterocycles. The molecule has 0 radical (unpaired) electrons. The van der Waals surface area contributed by atoms with Crippen molar-refractivity contribution in [2.75, 3.05) is 23.9 Å². The van der Waals surface area contributed by atoms with Gasteiger partial charge >= 0.3 is 0 Å². The SMILES string of the molecule is CSCCCCNc1ccc(C)c(F)c1. The second kappa shape index (κ2) is 6.72. The molecule has 1 aromatic carbocycles. The molecule has 0 fully saturated rings. The number of rotatable bonds is 6. The molecule has 0 bridgehead atoms. The summed E-state index contributed by atoms with van der Waals surface area (Å²) in [6, 6.07) is 5.29. The Labute approximate surface area is 95.5 Å². The molecule has 0 saturated heterocycles. The molecule has 1 rings (SSSR count). The highest BCUT2D eigenvalue weighted by Gasteiger charge is 1.98. The number of halogens is 1. The van der Waals surface area contributed by atoms with E-state index >= 15 is 0 Å². The van der Waals surface area contributed by atoms with E-state index in [1.807, 2.05) is 17.8 Å². The van der Waals surface area contributed by atoms with E-state index in [0.717, 1.165) is 18.7 Å². The van der Waals surface area contributed by atoms with Crippen LogP contribution in [-0.2, 0) is 0 Å². The lowest BCUT2D eigenvalue weighted by atomic mass is 10.2. The third kappa shape index (κ3) is 4.56. The first kappa shape index (κ1) is 12.4. The topological polar surface area (TPSA) is 12.0 Å². The van der Waals surface area contributed by atoms with E-state index in [4.69, 9.17) is 0 Å². The average Bonchev–Trinajstić information content (AvgIpc) is 2.23. The van der Waals surface area contributed by atoms with Crippen LogP contribution < -0.4 is 5.32 Å². The maximum Gasteiger partial charge on any atom is 0.128 e. The van der Waals surface area contributed by atoms with Gasteiger partial charge in [-0.2, -0.15) is 11.8 Å². The van der Waals surface area contributed by atoms with Crippen LogP contribution in [0.2, 0.25) is 0 Å². The second-order valence-corrected chi connectivity index (χ2v) is 4.58. The molecule has 1 aromatic rings. The Bertz CT molecular complexity index is 302. The van der Waals surface area contributed by atoms with Gasteiger partial charge in [0.1, 0.15) is 5.82 Å². The minimum atomic E-state index is -0.135. The normalized spacial score (nSPS) is 10.3. The summed E-state index contributed by atoms with van der Waals surface area (Å²) in [5.74, 6) is 1.06. The van der Waals surface area contributed by atoms with Crippen LogP contribution in [0.5, 0.6) is 0 Å². The van der Waals surface area contributed by atoms with E-state index in [9.17, 15) is 4.39 Å². The summed E-state index contributed by atoms with van der Waals surface area (Å²) in [6.07, 6.45) is 4.46. The van der Waals surface area contributed by atoms with Crippen molar-refractivity contribution in [3.8, 4) is 0 Å². The number of hydrogen-bond donors (Lipinski definition) is 1. The Morgan fingerprint density at radius 1 is 1.33 bits per heavy atom. The zero-order valence-electron chi connectivity index (χ0n) is 9.35. The van der Waals surface area contributed by atoms with E-state index in [-0.39, 0.29) is 5.82 Å². The molecule has 0 heterocycles. The highest BCUT2D eigenvalue weighted by Crippen LogP contribution is 2.13. The molecule has 0 aliphatic carbocycles. The van der Waals surface area contributed by atoms with Crippen LogP contribution in [0.25, 0.3) is 0 Å². The molecule has 84 valence electrons. The maximum absolute atomic E-state index is 13.2. The van der Waals surface area contributed by atoms with Crippen molar-refractivity contribution < 1.29 is 4.39 Å². The molecular weight excluding hydrogens is 209 g/mol. The molecule has 0 unspecified atom stereocenters.